The summed E-state index contributed by atoms with van der Waals surface area (Å²) in [5.74, 6) is 0. The first-order valence-electron chi connectivity index (χ1n) is 6.75. The van der Waals surface area contributed by atoms with Gasteiger partial charge in [0.1, 0.15) is 6.26 Å². The minimum atomic E-state index is 0.593. The molecule has 1 N–H and O–H groups in total. The maximum absolute atomic E-state index is 5.58. The Morgan fingerprint density at radius 2 is 2.39 bits per heavy atom. The van der Waals surface area contributed by atoms with E-state index < -0.39 is 0 Å². The number of anilines is 1. The second-order valence-corrected chi connectivity index (χ2v) is 4.72. The van der Waals surface area contributed by atoms with Gasteiger partial charge in [0, 0.05) is 26.2 Å². The third-order valence-electron chi connectivity index (χ3n) is 3.04. The fourth-order valence-corrected chi connectivity index (χ4v) is 1.91. The Morgan fingerprint density at radius 1 is 1.56 bits per heavy atom. The van der Waals surface area contributed by atoms with Crippen molar-refractivity contribution in [2.75, 3.05) is 31.7 Å². The maximum atomic E-state index is 5.58. The Morgan fingerprint density at radius 3 is 3.06 bits per heavy atom. The third-order valence-corrected chi connectivity index (χ3v) is 3.04. The number of ether oxygens (including phenoxy) is 1. The summed E-state index contributed by atoms with van der Waals surface area (Å²) in [6, 6.07) is 1.33. The van der Waals surface area contributed by atoms with Crippen LogP contribution in [0.2, 0.25) is 0 Å². The largest absolute Gasteiger partial charge is 0.432 e. The molecule has 1 saturated carbocycles. The summed E-state index contributed by atoms with van der Waals surface area (Å²) in [5, 5.41) is 3.33. The number of hydrogen-bond donors (Lipinski definition) is 1. The van der Waals surface area contributed by atoms with Gasteiger partial charge in [0.05, 0.1) is 12.3 Å². The third kappa shape index (κ3) is 3.71. The van der Waals surface area contributed by atoms with Crippen molar-refractivity contribution in [3.05, 3.63) is 12.0 Å². The van der Waals surface area contributed by atoms with E-state index in [0.29, 0.717) is 12.6 Å². The molecule has 1 fully saturated rings. The summed E-state index contributed by atoms with van der Waals surface area (Å²) in [5.41, 5.74) is 0.974. The average molecular weight is 253 g/mol. The first-order valence-corrected chi connectivity index (χ1v) is 6.75. The highest BCUT2D eigenvalue weighted by molar-refractivity contribution is 5.31. The van der Waals surface area contributed by atoms with E-state index in [1.165, 1.54) is 12.8 Å². The Labute approximate surface area is 109 Å². The molecule has 1 aliphatic rings. The van der Waals surface area contributed by atoms with E-state index >= 15 is 0 Å². The van der Waals surface area contributed by atoms with Gasteiger partial charge in [-0.1, -0.05) is 6.92 Å². The lowest BCUT2D eigenvalue weighted by molar-refractivity contribution is 0.203. The van der Waals surface area contributed by atoms with Crippen molar-refractivity contribution in [2.45, 2.75) is 38.8 Å². The van der Waals surface area contributed by atoms with Gasteiger partial charge in [-0.15, -0.1) is 0 Å². The zero-order valence-corrected chi connectivity index (χ0v) is 11.3. The van der Waals surface area contributed by atoms with Crippen molar-refractivity contribution in [2.24, 2.45) is 0 Å². The summed E-state index contributed by atoms with van der Waals surface area (Å²) >= 11 is 0. The highest BCUT2D eigenvalue weighted by Gasteiger charge is 2.31. The number of aromatic nitrogens is 1. The summed E-state index contributed by atoms with van der Waals surface area (Å²) in [7, 11) is 1.72. The minimum Gasteiger partial charge on any atom is -0.432 e. The fourth-order valence-electron chi connectivity index (χ4n) is 1.91. The van der Waals surface area contributed by atoms with Crippen LogP contribution >= 0.6 is 0 Å². The molecule has 1 aromatic heterocycles. The number of nitrogens with zero attached hydrogens (tertiary/aromatic N) is 2. The first-order chi connectivity index (χ1) is 8.85. The molecule has 0 unspecified atom stereocenters. The minimum absolute atomic E-state index is 0.593. The van der Waals surface area contributed by atoms with Gasteiger partial charge in [-0.05, 0) is 25.8 Å². The van der Waals surface area contributed by atoms with Gasteiger partial charge < -0.3 is 19.4 Å². The molecule has 0 spiro atoms. The van der Waals surface area contributed by atoms with E-state index in [0.717, 1.165) is 37.8 Å². The highest BCUT2D eigenvalue weighted by Crippen LogP contribution is 2.30. The van der Waals surface area contributed by atoms with E-state index in [4.69, 9.17) is 9.15 Å². The van der Waals surface area contributed by atoms with Gasteiger partial charge in [0.25, 0.3) is 6.01 Å². The van der Waals surface area contributed by atoms with E-state index in [9.17, 15) is 0 Å². The van der Waals surface area contributed by atoms with E-state index in [-0.39, 0.29) is 0 Å². The van der Waals surface area contributed by atoms with Crippen molar-refractivity contribution in [1.82, 2.24) is 10.3 Å². The molecule has 1 aliphatic carbocycles. The molecule has 5 nitrogen and oxygen atoms in total. The molecular formula is C13H23N3O2. The summed E-state index contributed by atoms with van der Waals surface area (Å²) in [6.07, 6.45) is 5.35. The molecule has 18 heavy (non-hydrogen) atoms. The van der Waals surface area contributed by atoms with Crippen LogP contribution in [0.25, 0.3) is 0 Å². The number of oxazole rings is 1. The molecule has 0 bridgehead atoms. The first kappa shape index (κ1) is 13.4. The van der Waals surface area contributed by atoms with Crippen LogP contribution in [0.4, 0.5) is 6.01 Å². The van der Waals surface area contributed by atoms with Crippen molar-refractivity contribution in [1.29, 1.82) is 0 Å². The molecule has 0 aromatic carbocycles. The number of hydrogen-bond acceptors (Lipinski definition) is 5. The topological polar surface area (TPSA) is 50.5 Å². The molecule has 0 aliphatic heterocycles. The molecule has 5 heteroatoms. The molecule has 0 saturated heterocycles. The molecule has 0 amide bonds. The molecule has 102 valence electrons. The van der Waals surface area contributed by atoms with Gasteiger partial charge in [-0.3, -0.25) is 0 Å². The summed E-state index contributed by atoms with van der Waals surface area (Å²) < 4.78 is 10.7. The van der Waals surface area contributed by atoms with Gasteiger partial charge in [0.2, 0.25) is 0 Å². The Hall–Kier alpha value is -1.07. The van der Waals surface area contributed by atoms with Crippen LogP contribution in [0.5, 0.6) is 0 Å². The van der Waals surface area contributed by atoms with Gasteiger partial charge >= 0.3 is 0 Å². The van der Waals surface area contributed by atoms with Crippen molar-refractivity contribution in [3.8, 4) is 0 Å². The van der Waals surface area contributed by atoms with Crippen LogP contribution in [0.15, 0.2) is 10.7 Å². The Balaban J connectivity index is 1.89. The van der Waals surface area contributed by atoms with Crippen LogP contribution in [-0.2, 0) is 11.3 Å². The number of rotatable bonds is 9. The van der Waals surface area contributed by atoms with Gasteiger partial charge in [0.15, 0.2) is 0 Å². The predicted molar refractivity (Wildman–Crippen MR) is 70.7 cm³/mol. The van der Waals surface area contributed by atoms with Crippen molar-refractivity contribution in [3.63, 3.8) is 0 Å². The van der Waals surface area contributed by atoms with Crippen LogP contribution in [-0.4, -0.2) is 37.8 Å². The molecule has 0 atom stereocenters. The predicted octanol–water partition coefficient (Wildman–Crippen LogP) is 1.79. The van der Waals surface area contributed by atoms with Crippen molar-refractivity contribution >= 4 is 6.01 Å². The zero-order chi connectivity index (χ0) is 12.8. The normalized spacial score (nSPS) is 15.0. The maximum Gasteiger partial charge on any atom is 0.297 e. The average Bonchev–Trinajstić information content (AvgIpc) is 3.10. The van der Waals surface area contributed by atoms with Crippen LogP contribution in [0.3, 0.4) is 0 Å². The smallest absolute Gasteiger partial charge is 0.297 e. The molecule has 1 heterocycles. The summed E-state index contributed by atoms with van der Waals surface area (Å²) in [6.45, 7) is 5.50. The van der Waals surface area contributed by atoms with E-state index in [2.05, 4.69) is 22.1 Å². The lowest BCUT2D eigenvalue weighted by atomic mass is 10.4. The Bertz CT molecular complexity index is 350. The lowest BCUT2D eigenvalue weighted by Gasteiger charge is -2.19. The SMILES string of the molecule is CCCNCc1coc(N(CCOC)C2CC2)n1. The Kier molecular flexibility index (Phi) is 5.01. The van der Waals surface area contributed by atoms with Gasteiger partial charge in [-0.25, -0.2) is 0 Å². The molecular weight excluding hydrogens is 230 g/mol. The number of methoxy groups -OCH3 is 1. The zero-order valence-electron chi connectivity index (χ0n) is 11.3. The number of nitrogens with one attached hydrogen (secondary N) is 1. The second-order valence-electron chi connectivity index (χ2n) is 4.72. The second kappa shape index (κ2) is 6.75. The van der Waals surface area contributed by atoms with Gasteiger partial charge in [-0.2, -0.15) is 4.98 Å². The fraction of sp³-hybridized carbons (Fsp3) is 0.769. The van der Waals surface area contributed by atoms with E-state index in [1.54, 1.807) is 13.4 Å². The monoisotopic (exact) mass is 253 g/mol. The standard InChI is InChI=1S/C13H23N3O2/c1-3-6-14-9-11-10-18-13(15-11)16(7-8-17-2)12-4-5-12/h10,12,14H,3-9H2,1-2H3. The van der Waals surface area contributed by atoms with E-state index in [1.807, 2.05) is 0 Å². The van der Waals surface area contributed by atoms with Crippen molar-refractivity contribution < 1.29 is 9.15 Å². The summed E-state index contributed by atoms with van der Waals surface area (Å²) in [4.78, 5) is 6.75. The molecule has 0 radical (unpaired) electrons. The molecule has 1 aromatic rings. The lowest BCUT2D eigenvalue weighted by Crippen LogP contribution is -2.29. The van der Waals surface area contributed by atoms with Crippen LogP contribution < -0.4 is 10.2 Å². The van der Waals surface area contributed by atoms with Crippen LogP contribution in [0.1, 0.15) is 31.9 Å². The quantitative estimate of drug-likeness (QED) is 0.680. The molecule has 2 rings (SSSR count). The highest BCUT2D eigenvalue weighted by atomic mass is 16.5. The van der Waals surface area contributed by atoms with Crippen LogP contribution in [0, 0.1) is 0 Å².